The van der Waals surface area contributed by atoms with Crippen LogP contribution in [0.3, 0.4) is 0 Å². The summed E-state index contributed by atoms with van der Waals surface area (Å²) in [6.07, 6.45) is -0.229. The number of aromatic nitrogens is 5. The Balaban J connectivity index is 1.42. The van der Waals surface area contributed by atoms with Gasteiger partial charge in [-0.15, -0.1) is 5.10 Å². The van der Waals surface area contributed by atoms with Gasteiger partial charge >= 0.3 is 0 Å². The molecule has 0 aliphatic carbocycles. The Labute approximate surface area is 163 Å². The maximum atomic E-state index is 13.1. The molecule has 1 aliphatic rings. The van der Waals surface area contributed by atoms with E-state index in [9.17, 15) is 4.39 Å². The molecule has 9 heteroatoms. The van der Waals surface area contributed by atoms with Crippen molar-refractivity contribution in [3.05, 3.63) is 70.6 Å². The smallest absolute Gasteiger partial charge is 0.280 e. The lowest BCUT2D eigenvalue weighted by Crippen LogP contribution is -2.22. The summed E-state index contributed by atoms with van der Waals surface area (Å²) in [6.45, 7) is 0.739. The topological polar surface area (TPSA) is 78.9 Å². The number of ether oxygens (including phenoxy) is 1. The van der Waals surface area contributed by atoms with Gasteiger partial charge in [-0.1, -0.05) is 46.2 Å². The van der Waals surface area contributed by atoms with E-state index in [1.807, 2.05) is 12.1 Å². The number of hydrogen-bond acceptors (Lipinski definition) is 6. The molecule has 5 rings (SSSR count). The highest BCUT2D eigenvalue weighted by Gasteiger charge is 2.28. The quantitative estimate of drug-likeness (QED) is 0.518. The Hall–Kier alpha value is -3.10. The van der Waals surface area contributed by atoms with E-state index in [-0.39, 0.29) is 24.4 Å². The second kappa shape index (κ2) is 6.81. The number of benzene rings is 2. The standard InChI is InChI=1S/C19H13ClFN5O2/c20-13-3-1-2-12(8-13)18-22-19(28-24-18)17-15-10-27-16(9-26(15)25-23-17)11-4-6-14(21)7-5-11/h1-8,16H,9-10H2/t16-/m0/s1. The van der Waals surface area contributed by atoms with Gasteiger partial charge in [-0.2, -0.15) is 4.98 Å². The average Bonchev–Trinajstić information content (AvgIpc) is 3.35. The van der Waals surface area contributed by atoms with Gasteiger partial charge < -0.3 is 9.26 Å². The highest BCUT2D eigenvalue weighted by Crippen LogP contribution is 2.31. The first-order valence-corrected chi connectivity index (χ1v) is 8.94. The third-order valence-electron chi connectivity index (χ3n) is 4.55. The van der Waals surface area contributed by atoms with Gasteiger partial charge in [-0.25, -0.2) is 9.07 Å². The van der Waals surface area contributed by atoms with Crippen molar-refractivity contribution >= 4 is 11.6 Å². The zero-order chi connectivity index (χ0) is 19.1. The first-order valence-electron chi connectivity index (χ1n) is 8.57. The molecule has 140 valence electrons. The van der Waals surface area contributed by atoms with Gasteiger partial charge in [0.05, 0.1) is 18.8 Å². The molecule has 0 saturated carbocycles. The fourth-order valence-corrected chi connectivity index (χ4v) is 3.31. The fraction of sp³-hybridized carbons (Fsp3) is 0.158. The Morgan fingerprint density at radius 1 is 1.14 bits per heavy atom. The summed E-state index contributed by atoms with van der Waals surface area (Å²) >= 11 is 6.02. The lowest BCUT2D eigenvalue weighted by atomic mass is 10.1. The predicted octanol–water partition coefficient (Wildman–Crippen LogP) is 4.06. The Morgan fingerprint density at radius 2 is 2.00 bits per heavy atom. The maximum Gasteiger partial charge on any atom is 0.280 e. The molecule has 0 unspecified atom stereocenters. The van der Waals surface area contributed by atoms with Crippen LogP contribution in [0.4, 0.5) is 4.39 Å². The number of nitrogens with zero attached hydrogens (tertiary/aromatic N) is 5. The minimum atomic E-state index is -0.282. The Bertz CT molecular complexity index is 1140. The van der Waals surface area contributed by atoms with E-state index in [1.165, 1.54) is 12.1 Å². The number of fused-ring (bicyclic) bond motifs is 1. The fourth-order valence-electron chi connectivity index (χ4n) is 3.12. The molecule has 7 nitrogen and oxygen atoms in total. The van der Waals surface area contributed by atoms with Crippen LogP contribution in [0.15, 0.2) is 53.1 Å². The highest BCUT2D eigenvalue weighted by atomic mass is 35.5. The van der Waals surface area contributed by atoms with Gasteiger partial charge in [-0.3, -0.25) is 0 Å². The lowest BCUT2D eigenvalue weighted by molar-refractivity contribution is -0.00120. The summed E-state index contributed by atoms with van der Waals surface area (Å²) in [5.41, 5.74) is 2.86. The second-order valence-electron chi connectivity index (χ2n) is 6.35. The van der Waals surface area contributed by atoms with Gasteiger partial charge in [0, 0.05) is 10.6 Å². The van der Waals surface area contributed by atoms with Crippen LogP contribution in [0.5, 0.6) is 0 Å². The molecule has 0 bridgehead atoms. The molecule has 0 spiro atoms. The minimum absolute atomic E-state index is 0.229. The first kappa shape index (κ1) is 17.0. The highest BCUT2D eigenvalue weighted by molar-refractivity contribution is 6.30. The molecule has 4 aromatic rings. The van der Waals surface area contributed by atoms with Crippen LogP contribution < -0.4 is 0 Å². The average molecular weight is 398 g/mol. The normalized spacial score (nSPS) is 16.1. The van der Waals surface area contributed by atoms with Crippen molar-refractivity contribution in [1.82, 2.24) is 25.1 Å². The zero-order valence-corrected chi connectivity index (χ0v) is 15.2. The molecule has 1 atom stereocenters. The van der Waals surface area contributed by atoms with E-state index in [0.29, 0.717) is 23.1 Å². The molecule has 2 aromatic heterocycles. The van der Waals surface area contributed by atoms with Crippen molar-refractivity contribution in [2.24, 2.45) is 0 Å². The van der Waals surface area contributed by atoms with Crippen molar-refractivity contribution in [2.45, 2.75) is 19.3 Å². The van der Waals surface area contributed by atoms with Gasteiger partial charge in [0.1, 0.15) is 11.9 Å². The first-order chi connectivity index (χ1) is 13.7. The summed E-state index contributed by atoms with van der Waals surface area (Å²) in [4.78, 5) is 4.41. The monoisotopic (exact) mass is 397 g/mol. The van der Waals surface area contributed by atoms with Crippen molar-refractivity contribution in [3.63, 3.8) is 0 Å². The van der Waals surface area contributed by atoms with Crippen LogP contribution in [-0.4, -0.2) is 25.1 Å². The molecule has 0 fully saturated rings. The van der Waals surface area contributed by atoms with Crippen molar-refractivity contribution in [3.8, 4) is 23.0 Å². The molecule has 0 N–H and O–H groups in total. The van der Waals surface area contributed by atoms with Crippen LogP contribution in [-0.2, 0) is 17.9 Å². The largest absolute Gasteiger partial charge is 0.365 e. The number of hydrogen-bond donors (Lipinski definition) is 0. The Morgan fingerprint density at radius 3 is 2.82 bits per heavy atom. The third kappa shape index (κ3) is 3.06. The lowest BCUT2D eigenvalue weighted by Gasteiger charge is -2.24. The molecule has 28 heavy (non-hydrogen) atoms. The van der Waals surface area contributed by atoms with E-state index < -0.39 is 0 Å². The molecule has 2 aromatic carbocycles. The van der Waals surface area contributed by atoms with Crippen LogP contribution >= 0.6 is 11.6 Å². The summed E-state index contributed by atoms with van der Waals surface area (Å²) < 4.78 is 26.2. The third-order valence-corrected chi connectivity index (χ3v) is 4.79. The van der Waals surface area contributed by atoms with Crippen molar-refractivity contribution < 1.29 is 13.7 Å². The molecule has 0 radical (unpaired) electrons. The second-order valence-corrected chi connectivity index (χ2v) is 6.79. The molecular formula is C19H13ClFN5O2. The van der Waals surface area contributed by atoms with Crippen LogP contribution in [0.2, 0.25) is 5.02 Å². The summed E-state index contributed by atoms with van der Waals surface area (Å²) in [5.74, 6) is 0.399. The molecule has 3 heterocycles. The van der Waals surface area contributed by atoms with E-state index in [4.69, 9.17) is 20.9 Å². The summed E-state index contributed by atoms with van der Waals surface area (Å²) in [5, 5.41) is 13.0. The van der Waals surface area contributed by atoms with Crippen LogP contribution in [0, 0.1) is 5.82 Å². The maximum absolute atomic E-state index is 13.1. The zero-order valence-electron chi connectivity index (χ0n) is 14.4. The van der Waals surface area contributed by atoms with Gasteiger partial charge in [0.2, 0.25) is 5.82 Å². The van der Waals surface area contributed by atoms with E-state index in [0.717, 1.165) is 16.8 Å². The van der Waals surface area contributed by atoms with Crippen LogP contribution in [0.25, 0.3) is 23.0 Å². The van der Waals surface area contributed by atoms with E-state index in [2.05, 4.69) is 20.5 Å². The van der Waals surface area contributed by atoms with Crippen molar-refractivity contribution in [2.75, 3.05) is 0 Å². The SMILES string of the molecule is Fc1ccc([C@@H]2Cn3nnc(-c4nc(-c5cccc(Cl)c5)no4)c3CO2)cc1. The molecule has 0 saturated heterocycles. The molecule has 0 amide bonds. The minimum Gasteiger partial charge on any atom is -0.365 e. The van der Waals surface area contributed by atoms with E-state index >= 15 is 0 Å². The molecular weight excluding hydrogens is 385 g/mol. The van der Waals surface area contributed by atoms with E-state index in [1.54, 1.807) is 28.9 Å². The molecule has 1 aliphatic heterocycles. The van der Waals surface area contributed by atoms with Crippen molar-refractivity contribution in [1.29, 1.82) is 0 Å². The predicted molar refractivity (Wildman–Crippen MR) is 97.7 cm³/mol. The van der Waals surface area contributed by atoms with Gasteiger partial charge in [-0.05, 0) is 29.8 Å². The number of halogens is 2. The summed E-state index contributed by atoms with van der Waals surface area (Å²) in [7, 11) is 0. The van der Waals surface area contributed by atoms with Gasteiger partial charge in [0.15, 0.2) is 5.69 Å². The Kier molecular flexibility index (Phi) is 4.14. The van der Waals surface area contributed by atoms with Gasteiger partial charge in [0.25, 0.3) is 5.89 Å². The van der Waals surface area contributed by atoms with Crippen LogP contribution in [0.1, 0.15) is 17.4 Å². The summed E-state index contributed by atoms with van der Waals surface area (Å²) in [6, 6.07) is 13.4. The number of rotatable bonds is 3.